The standard InChI is InChI=1S/C60H38N4/c1-3-15-49(16-4-1)63-57-35-43(45-27-29-61-55(33-45)47-21-19-39-11-7-9-13-41(39)31-47)23-25-51(57)53-38-60-54(37-59(53)63)52-26-24-44(36-58(52)64(60)50-17-5-2-6-18-50)46-28-30-62-56(34-46)48-22-20-40-12-8-10-14-42(40)32-48/h1-38H. The molecule has 0 aliphatic heterocycles. The van der Waals surface area contributed by atoms with Crippen LogP contribution in [0.15, 0.2) is 231 Å². The Labute approximate surface area is 369 Å². The van der Waals surface area contributed by atoms with Crippen molar-refractivity contribution in [2.45, 2.75) is 0 Å². The van der Waals surface area contributed by atoms with Crippen molar-refractivity contribution < 1.29 is 0 Å². The Kier molecular flexibility index (Phi) is 8.18. The second-order valence-corrected chi connectivity index (χ2v) is 16.7. The van der Waals surface area contributed by atoms with Crippen molar-refractivity contribution in [1.82, 2.24) is 19.1 Å². The van der Waals surface area contributed by atoms with Gasteiger partial charge >= 0.3 is 0 Å². The van der Waals surface area contributed by atoms with Crippen LogP contribution in [-0.4, -0.2) is 19.1 Å². The Morgan fingerprint density at radius 2 is 0.625 bits per heavy atom. The lowest BCUT2D eigenvalue weighted by atomic mass is 10.00. The van der Waals surface area contributed by atoms with E-state index in [1.165, 1.54) is 54.1 Å². The highest BCUT2D eigenvalue weighted by Crippen LogP contribution is 2.42. The molecule has 0 N–H and O–H groups in total. The van der Waals surface area contributed by atoms with Gasteiger partial charge in [0.2, 0.25) is 0 Å². The fourth-order valence-electron chi connectivity index (χ4n) is 9.83. The summed E-state index contributed by atoms with van der Waals surface area (Å²) >= 11 is 0. The number of hydrogen-bond donors (Lipinski definition) is 0. The zero-order valence-electron chi connectivity index (χ0n) is 34.7. The zero-order valence-corrected chi connectivity index (χ0v) is 34.7. The first kappa shape index (κ1) is 36.1. The first-order valence-corrected chi connectivity index (χ1v) is 21.8. The molecule has 4 heteroatoms. The summed E-state index contributed by atoms with van der Waals surface area (Å²) in [5.74, 6) is 0. The van der Waals surface area contributed by atoms with Crippen LogP contribution in [0.3, 0.4) is 0 Å². The van der Waals surface area contributed by atoms with E-state index in [9.17, 15) is 0 Å². The van der Waals surface area contributed by atoms with E-state index < -0.39 is 0 Å². The van der Waals surface area contributed by atoms with Gasteiger partial charge in [-0.1, -0.05) is 133 Å². The summed E-state index contributed by atoms with van der Waals surface area (Å²) in [4.78, 5) is 9.65. The third-order valence-electron chi connectivity index (χ3n) is 13.0. The van der Waals surface area contributed by atoms with Gasteiger partial charge in [0.15, 0.2) is 0 Å². The SMILES string of the molecule is c1ccc(-n2c3cc(-c4ccnc(-c5ccc6ccccc6c5)c4)ccc3c3cc4c(cc32)c2ccc(-c3ccnc(-c5ccc6ccccc6c5)c3)cc2n4-c2ccccc2)cc1. The van der Waals surface area contributed by atoms with Gasteiger partial charge in [0.1, 0.15) is 0 Å². The molecule has 0 aliphatic carbocycles. The predicted octanol–water partition coefficient (Wildman–Crippen LogP) is 15.6. The molecule has 298 valence electrons. The number of pyridine rings is 2. The number of nitrogens with zero attached hydrogens (tertiary/aromatic N) is 4. The van der Waals surface area contributed by atoms with Crippen molar-refractivity contribution in [2.24, 2.45) is 0 Å². The minimum atomic E-state index is 0.959. The molecule has 0 radical (unpaired) electrons. The van der Waals surface area contributed by atoms with Crippen LogP contribution in [0.4, 0.5) is 0 Å². The molecule has 0 spiro atoms. The van der Waals surface area contributed by atoms with Crippen LogP contribution in [-0.2, 0) is 0 Å². The fraction of sp³-hybridized carbons (Fsp3) is 0. The van der Waals surface area contributed by atoms with Gasteiger partial charge in [0, 0.05) is 56.4 Å². The second-order valence-electron chi connectivity index (χ2n) is 16.7. The van der Waals surface area contributed by atoms with Crippen molar-refractivity contribution in [3.8, 4) is 56.1 Å². The van der Waals surface area contributed by atoms with Crippen LogP contribution in [0.1, 0.15) is 0 Å². The summed E-state index contributed by atoms with van der Waals surface area (Å²) in [6.07, 6.45) is 3.86. The van der Waals surface area contributed by atoms with Crippen LogP contribution < -0.4 is 0 Å². The molecular formula is C60H38N4. The van der Waals surface area contributed by atoms with E-state index in [4.69, 9.17) is 9.97 Å². The Bertz CT molecular complexity index is 3690. The summed E-state index contributed by atoms with van der Waals surface area (Å²) in [6.45, 7) is 0. The van der Waals surface area contributed by atoms with Crippen molar-refractivity contribution in [3.05, 3.63) is 231 Å². The molecule has 64 heavy (non-hydrogen) atoms. The van der Waals surface area contributed by atoms with Gasteiger partial charge in [-0.15, -0.1) is 0 Å². The van der Waals surface area contributed by atoms with Gasteiger partial charge in [-0.3, -0.25) is 9.97 Å². The molecule has 0 aliphatic rings. The number of benzene rings is 9. The first-order chi connectivity index (χ1) is 31.7. The van der Waals surface area contributed by atoms with Crippen molar-refractivity contribution in [3.63, 3.8) is 0 Å². The van der Waals surface area contributed by atoms with Crippen LogP contribution in [0, 0.1) is 0 Å². The number of aromatic nitrogens is 4. The molecule has 0 saturated heterocycles. The molecule has 9 aromatic carbocycles. The van der Waals surface area contributed by atoms with Crippen LogP contribution >= 0.6 is 0 Å². The van der Waals surface area contributed by atoms with E-state index in [1.54, 1.807) is 0 Å². The van der Waals surface area contributed by atoms with Crippen LogP contribution in [0.5, 0.6) is 0 Å². The second kappa shape index (κ2) is 14.5. The van der Waals surface area contributed by atoms with Crippen molar-refractivity contribution in [2.75, 3.05) is 0 Å². The molecule has 4 heterocycles. The molecule has 0 unspecified atom stereocenters. The van der Waals surface area contributed by atoms with E-state index in [2.05, 4.69) is 228 Å². The van der Waals surface area contributed by atoms with Crippen molar-refractivity contribution >= 4 is 65.2 Å². The number of para-hydroxylation sites is 2. The van der Waals surface area contributed by atoms with Gasteiger partial charge in [-0.25, -0.2) is 0 Å². The number of rotatable bonds is 6. The Morgan fingerprint density at radius 1 is 0.250 bits per heavy atom. The average molecular weight is 815 g/mol. The maximum absolute atomic E-state index is 4.83. The van der Waals surface area contributed by atoms with Gasteiger partial charge in [0.05, 0.1) is 33.5 Å². The van der Waals surface area contributed by atoms with Crippen molar-refractivity contribution in [1.29, 1.82) is 0 Å². The van der Waals surface area contributed by atoms with E-state index in [0.717, 1.165) is 67.2 Å². The Morgan fingerprint density at radius 3 is 1.08 bits per heavy atom. The lowest BCUT2D eigenvalue weighted by Gasteiger charge is -2.10. The Balaban J connectivity index is 0.991. The quantitative estimate of drug-likeness (QED) is 0.168. The molecule has 13 rings (SSSR count). The molecule has 0 saturated carbocycles. The maximum atomic E-state index is 4.83. The number of fused-ring (bicyclic) bond motifs is 8. The molecule has 4 nitrogen and oxygen atoms in total. The van der Waals surface area contributed by atoms with Gasteiger partial charge < -0.3 is 9.13 Å². The molecule has 0 atom stereocenters. The topological polar surface area (TPSA) is 35.6 Å². The molecule has 4 aromatic heterocycles. The van der Waals surface area contributed by atoms with E-state index in [1.807, 2.05) is 12.4 Å². The third-order valence-corrected chi connectivity index (χ3v) is 13.0. The van der Waals surface area contributed by atoms with Gasteiger partial charge in [-0.2, -0.15) is 0 Å². The molecule has 0 fully saturated rings. The number of hydrogen-bond acceptors (Lipinski definition) is 2. The first-order valence-electron chi connectivity index (χ1n) is 21.8. The average Bonchev–Trinajstić information content (AvgIpc) is 3.86. The molecular weight excluding hydrogens is 777 g/mol. The van der Waals surface area contributed by atoms with Crippen LogP contribution in [0.2, 0.25) is 0 Å². The largest absolute Gasteiger partial charge is 0.309 e. The highest BCUT2D eigenvalue weighted by Gasteiger charge is 2.20. The summed E-state index contributed by atoms with van der Waals surface area (Å²) in [6, 6.07) is 79.0. The molecule has 13 aromatic rings. The van der Waals surface area contributed by atoms with Gasteiger partial charge in [0.25, 0.3) is 0 Å². The minimum absolute atomic E-state index is 0.959. The monoisotopic (exact) mass is 814 g/mol. The smallest absolute Gasteiger partial charge is 0.0708 e. The normalized spacial score (nSPS) is 11.8. The van der Waals surface area contributed by atoms with Crippen LogP contribution in [0.25, 0.3) is 121 Å². The summed E-state index contributed by atoms with van der Waals surface area (Å²) in [7, 11) is 0. The Hall–Kier alpha value is -8.60. The fourth-order valence-corrected chi connectivity index (χ4v) is 9.83. The summed E-state index contributed by atoms with van der Waals surface area (Å²) < 4.78 is 4.87. The lowest BCUT2D eigenvalue weighted by molar-refractivity contribution is 1.17. The molecule has 0 amide bonds. The summed E-state index contributed by atoms with van der Waals surface area (Å²) in [5, 5.41) is 9.70. The highest BCUT2D eigenvalue weighted by molar-refractivity contribution is 6.19. The molecule has 0 bridgehead atoms. The van der Waals surface area contributed by atoms with E-state index in [-0.39, 0.29) is 0 Å². The predicted molar refractivity (Wildman–Crippen MR) is 267 cm³/mol. The zero-order chi connectivity index (χ0) is 42.1. The third kappa shape index (κ3) is 5.92. The van der Waals surface area contributed by atoms with Gasteiger partial charge in [-0.05, 0) is 129 Å². The lowest BCUT2D eigenvalue weighted by Crippen LogP contribution is -1.94. The minimum Gasteiger partial charge on any atom is -0.309 e. The van der Waals surface area contributed by atoms with E-state index in [0.29, 0.717) is 0 Å². The summed E-state index contributed by atoms with van der Waals surface area (Å²) in [5.41, 5.74) is 15.6. The van der Waals surface area contributed by atoms with E-state index >= 15 is 0 Å². The maximum Gasteiger partial charge on any atom is 0.0708 e. The highest BCUT2D eigenvalue weighted by atomic mass is 15.0.